The molecule has 1 nitrogen and oxygen atoms in total. The van der Waals surface area contributed by atoms with E-state index in [4.69, 9.17) is 0 Å². The van der Waals surface area contributed by atoms with Crippen molar-refractivity contribution in [2.24, 2.45) is 0 Å². The van der Waals surface area contributed by atoms with Gasteiger partial charge in [0.15, 0.2) is 0 Å². The predicted molar refractivity (Wildman–Crippen MR) is 47.8 cm³/mol. The first kappa shape index (κ1) is 8.57. The van der Waals surface area contributed by atoms with Gasteiger partial charge < -0.3 is 4.79 Å². The Bertz CT molecular complexity index is 206. The molecule has 0 fully saturated rings. The number of hydrogen-bond acceptors (Lipinski definition) is 1. The van der Waals surface area contributed by atoms with Crippen molar-refractivity contribution in [1.82, 2.24) is 0 Å². The van der Waals surface area contributed by atoms with E-state index in [-0.39, 0.29) is 5.68 Å². The van der Waals surface area contributed by atoms with Crippen molar-refractivity contribution < 1.29 is 4.79 Å². The molecule has 1 aliphatic heterocycles. The Morgan fingerprint density at radius 3 is 2.73 bits per heavy atom. The topological polar surface area (TPSA) is 17.1 Å². The van der Waals surface area contributed by atoms with Crippen LogP contribution in [0.2, 0.25) is 5.82 Å². The molecular formula is C9H14BO. The molecule has 1 radical (unpaired) electrons. The van der Waals surface area contributed by atoms with Crippen LogP contribution in [0.4, 0.5) is 0 Å². The van der Waals surface area contributed by atoms with Gasteiger partial charge in [-0.2, -0.15) is 0 Å². The number of carbonyl (C=O) groups is 1. The molecule has 0 aliphatic carbocycles. The molecule has 1 aliphatic rings. The Kier molecular flexibility index (Phi) is 2.53. The molecule has 0 aromatic carbocycles. The first-order valence-corrected chi connectivity index (χ1v) is 4.23. The number of carbonyl (C=O) groups excluding carboxylic acids is 1. The summed E-state index contributed by atoms with van der Waals surface area (Å²) in [7, 11) is 1.84. The van der Waals surface area contributed by atoms with Crippen molar-refractivity contribution in [2.45, 2.75) is 39.4 Å². The van der Waals surface area contributed by atoms with Gasteiger partial charge in [0.2, 0.25) is 7.28 Å². The van der Waals surface area contributed by atoms with Gasteiger partial charge in [0.05, 0.1) is 0 Å². The lowest BCUT2D eigenvalue weighted by molar-refractivity contribution is -0.109. The van der Waals surface area contributed by atoms with E-state index < -0.39 is 0 Å². The first-order chi connectivity index (χ1) is 5.15. The summed E-state index contributed by atoms with van der Waals surface area (Å²) in [6.45, 7) is 6.20. The molecule has 0 spiro atoms. The smallest absolute Gasteiger partial charge is 0.212 e. The molecule has 2 heteroatoms. The Labute approximate surface area is 69.1 Å². The fraction of sp³-hybridized carbons (Fsp3) is 0.667. The monoisotopic (exact) mass is 149 g/mol. The maximum Gasteiger partial charge on any atom is 0.212 e. The van der Waals surface area contributed by atoms with E-state index in [1.807, 2.05) is 14.2 Å². The number of rotatable bonds is 1. The number of allylic oxidation sites excluding steroid dienone is 2. The normalized spacial score (nSPS) is 25.4. The van der Waals surface area contributed by atoms with Crippen LogP contribution in [0.25, 0.3) is 0 Å². The van der Waals surface area contributed by atoms with Crippen LogP contribution in [-0.4, -0.2) is 13.0 Å². The highest BCUT2D eigenvalue weighted by atomic mass is 16.1. The van der Waals surface area contributed by atoms with Crippen molar-refractivity contribution in [3.05, 3.63) is 11.1 Å². The van der Waals surface area contributed by atoms with Crippen LogP contribution in [0.15, 0.2) is 11.1 Å². The van der Waals surface area contributed by atoms with Crippen LogP contribution in [0.5, 0.6) is 0 Å². The van der Waals surface area contributed by atoms with Gasteiger partial charge in [0.25, 0.3) is 0 Å². The Hall–Kier alpha value is -0.525. The second kappa shape index (κ2) is 3.25. The standard InChI is InChI=1S/C9H14BO/c1-4-8-6(2)5-7(3)10-9(8)11/h7H,4-5H2,1-3H3. The molecule has 0 N–H and O–H groups in total. The maximum absolute atomic E-state index is 11.3. The van der Waals surface area contributed by atoms with Gasteiger partial charge >= 0.3 is 0 Å². The van der Waals surface area contributed by atoms with Crippen molar-refractivity contribution in [2.75, 3.05) is 0 Å². The molecule has 1 unspecified atom stereocenters. The minimum Gasteiger partial charge on any atom is -0.307 e. The molecule has 1 heterocycles. The molecule has 0 saturated heterocycles. The molecule has 0 saturated carbocycles. The van der Waals surface area contributed by atoms with Crippen molar-refractivity contribution >= 4 is 13.0 Å². The Morgan fingerprint density at radius 1 is 1.64 bits per heavy atom. The highest BCUT2D eigenvalue weighted by Gasteiger charge is 2.22. The first-order valence-electron chi connectivity index (χ1n) is 4.23. The van der Waals surface area contributed by atoms with Crippen LogP contribution < -0.4 is 0 Å². The van der Waals surface area contributed by atoms with E-state index in [1.54, 1.807) is 0 Å². The molecule has 0 bridgehead atoms. The molecule has 1 rings (SSSR count). The van der Waals surface area contributed by atoms with E-state index in [2.05, 4.69) is 13.8 Å². The molecular weight excluding hydrogens is 135 g/mol. The van der Waals surface area contributed by atoms with Crippen molar-refractivity contribution in [3.63, 3.8) is 0 Å². The van der Waals surface area contributed by atoms with Gasteiger partial charge in [-0.05, 0) is 25.3 Å². The van der Waals surface area contributed by atoms with Crippen molar-refractivity contribution in [3.8, 4) is 0 Å². The average Bonchev–Trinajstić information content (AvgIpc) is 1.85. The average molecular weight is 149 g/mol. The highest BCUT2D eigenvalue weighted by Crippen LogP contribution is 2.26. The lowest BCUT2D eigenvalue weighted by Crippen LogP contribution is -2.22. The van der Waals surface area contributed by atoms with Crippen molar-refractivity contribution in [1.29, 1.82) is 0 Å². The van der Waals surface area contributed by atoms with Gasteiger partial charge in [-0.1, -0.05) is 25.2 Å². The Balaban J connectivity index is 2.86. The van der Waals surface area contributed by atoms with Crippen LogP contribution in [-0.2, 0) is 4.79 Å². The minimum absolute atomic E-state index is 0.253. The second-order valence-corrected chi connectivity index (χ2v) is 3.32. The molecule has 0 aromatic rings. The van der Waals surface area contributed by atoms with Crippen LogP contribution in [0.1, 0.15) is 33.6 Å². The van der Waals surface area contributed by atoms with E-state index in [1.165, 1.54) is 5.57 Å². The van der Waals surface area contributed by atoms with Gasteiger partial charge in [-0.15, -0.1) is 0 Å². The SMILES string of the molecule is CCC1=C(C)CC(C)[B]C1=O. The highest BCUT2D eigenvalue weighted by molar-refractivity contribution is 6.78. The lowest BCUT2D eigenvalue weighted by atomic mass is 9.54. The van der Waals surface area contributed by atoms with Crippen LogP contribution in [0.3, 0.4) is 0 Å². The third-order valence-electron chi connectivity index (χ3n) is 2.23. The third-order valence-corrected chi connectivity index (χ3v) is 2.23. The van der Waals surface area contributed by atoms with Crippen LogP contribution in [0, 0.1) is 0 Å². The largest absolute Gasteiger partial charge is 0.307 e. The molecule has 11 heavy (non-hydrogen) atoms. The summed E-state index contributed by atoms with van der Waals surface area (Å²) in [5.41, 5.74) is 2.57. The summed E-state index contributed by atoms with van der Waals surface area (Å²) in [5.74, 6) is 0.442. The lowest BCUT2D eigenvalue weighted by Gasteiger charge is -2.19. The Morgan fingerprint density at radius 2 is 2.27 bits per heavy atom. The summed E-state index contributed by atoms with van der Waals surface area (Å²) < 4.78 is 0. The van der Waals surface area contributed by atoms with E-state index >= 15 is 0 Å². The fourth-order valence-electron chi connectivity index (χ4n) is 1.71. The van der Waals surface area contributed by atoms with E-state index in [0.29, 0.717) is 5.82 Å². The maximum atomic E-state index is 11.3. The summed E-state index contributed by atoms with van der Waals surface area (Å²) in [5, 5.41) is 0. The summed E-state index contributed by atoms with van der Waals surface area (Å²) >= 11 is 0. The summed E-state index contributed by atoms with van der Waals surface area (Å²) in [4.78, 5) is 11.3. The van der Waals surface area contributed by atoms with Gasteiger partial charge in [-0.3, -0.25) is 0 Å². The van der Waals surface area contributed by atoms with Gasteiger partial charge in [-0.25, -0.2) is 0 Å². The van der Waals surface area contributed by atoms with E-state index in [9.17, 15) is 4.79 Å². The molecule has 0 amide bonds. The van der Waals surface area contributed by atoms with Gasteiger partial charge in [0.1, 0.15) is 5.68 Å². The zero-order valence-corrected chi connectivity index (χ0v) is 7.48. The minimum atomic E-state index is 0.253. The predicted octanol–water partition coefficient (Wildman–Crippen LogP) is 2.16. The molecule has 1 atom stereocenters. The zero-order valence-electron chi connectivity index (χ0n) is 7.48. The van der Waals surface area contributed by atoms with E-state index in [0.717, 1.165) is 18.4 Å². The molecule has 59 valence electrons. The third kappa shape index (κ3) is 1.73. The fourth-order valence-corrected chi connectivity index (χ4v) is 1.71. The summed E-state index contributed by atoms with van der Waals surface area (Å²) in [6, 6.07) is 0. The summed E-state index contributed by atoms with van der Waals surface area (Å²) in [6.07, 6.45) is 1.95. The molecule has 0 aromatic heterocycles. The van der Waals surface area contributed by atoms with Crippen LogP contribution >= 0.6 is 0 Å². The van der Waals surface area contributed by atoms with Gasteiger partial charge in [0, 0.05) is 0 Å². The second-order valence-electron chi connectivity index (χ2n) is 3.32. The number of hydrogen-bond donors (Lipinski definition) is 0. The quantitative estimate of drug-likeness (QED) is 0.522. The zero-order chi connectivity index (χ0) is 8.43.